The Balaban J connectivity index is 2.85. The van der Waals surface area contributed by atoms with Gasteiger partial charge in [0.15, 0.2) is 0 Å². The molecule has 0 heterocycles. The summed E-state index contributed by atoms with van der Waals surface area (Å²) in [6.45, 7) is 7.07. The number of rotatable bonds is 4. The maximum Gasteiger partial charge on any atom is 0.0708 e. The second-order valence-corrected chi connectivity index (χ2v) is 5.09. The summed E-state index contributed by atoms with van der Waals surface area (Å²) in [5.74, 6) is 0.506. The normalized spacial score (nSPS) is 30.3. The smallest absolute Gasteiger partial charge is 0.0708 e. The van der Waals surface area contributed by atoms with Gasteiger partial charge in [0, 0.05) is 18.7 Å². The molecule has 0 N–H and O–H groups in total. The lowest BCUT2D eigenvalue weighted by atomic mass is 9.85. The molecule has 3 heteroatoms. The van der Waals surface area contributed by atoms with E-state index in [0.717, 1.165) is 12.8 Å². The number of aliphatic imine (C=N–C) groups is 1. The summed E-state index contributed by atoms with van der Waals surface area (Å²) >= 11 is 6.19. The summed E-state index contributed by atoms with van der Waals surface area (Å²) in [5, 5.41) is 0.168. The molecule has 0 saturated heterocycles. The van der Waals surface area contributed by atoms with Gasteiger partial charge in [-0.1, -0.05) is 13.0 Å². The molecule has 0 saturated carbocycles. The van der Waals surface area contributed by atoms with Gasteiger partial charge in [0.25, 0.3) is 0 Å². The van der Waals surface area contributed by atoms with E-state index >= 15 is 0 Å². The van der Waals surface area contributed by atoms with Gasteiger partial charge in [0.1, 0.15) is 0 Å². The number of hydrogen-bond donors (Lipinski definition) is 0. The highest BCUT2D eigenvalue weighted by atomic mass is 35.5. The van der Waals surface area contributed by atoms with E-state index in [0.29, 0.717) is 12.5 Å². The van der Waals surface area contributed by atoms with Crippen LogP contribution >= 0.6 is 11.6 Å². The van der Waals surface area contributed by atoms with Crippen molar-refractivity contribution in [2.24, 2.45) is 10.9 Å². The quantitative estimate of drug-likeness (QED) is 0.693. The lowest BCUT2D eigenvalue weighted by Gasteiger charge is -2.26. The number of nitrogens with zero attached hydrogens (tertiary/aromatic N) is 1. The average molecular weight is 244 g/mol. The van der Waals surface area contributed by atoms with E-state index < -0.39 is 0 Å². The number of allylic oxidation sites excluding steroid dienone is 2. The van der Waals surface area contributed by atoms with Gasteiger partial charge in [-0.25, -0.2) is 0 Å². The third-order valence-corrected chi connectivity index (χ3v) is 3.30. The average Bonchev–Trinajstić information content (AvgIpc) is 2.22. The van der Waals surface area contributed by atoms with E-state index in [1.807, 2.05) is 0 Å². The molecule has 0 amide bonds. The Bertz CT molecular complexity index is 286. The minimum absolute atomic E-state index is 0.168. The van der Waals surface area contributed by atoms with Crippen molar-refractivity contribution in [2.45, 2.75) is 45.0 Å². The van der Waals surface area contributed by atoms with Crippen LogP contribution in [0.15, 0.2) is 16.6 Å². The molecule has 0 bridgehead atoms. The molecule has 0 aromatic carbocycles. The zero-order chi connectivity index (χ0) is 12.1. The Kier molecular flexibility index (Phi) is 5.50. The van der Waals surface area contributed by atoms with Crippen LogP contribution in [0.3, 0.4) is 0 Å². The fraction of sp³-hybridized carbons (Fsp3) is 0.769. The Labute approximate surface area is 104 Å². The molecule has 0 spiro atoms. The second kappa shape index (κ2) is 6.41. The first-order valence-electron chi connectivity index (χ1n) is 5.98. The van der Waals surface area contributed by atoms with Gasteiger partial charge >= 0.3 is 0 Å². The van der Waals surface area contributed by atoms with Crippen LogP contribution in [0, 0.1) is 5.92 Å². The third-order valence-electron chi connectivity index (χ3n) is 2.99. The van der Waals surface area contributed by atoms with Crippen LogP contribution in [0.2, 0.25) is 0 Å². The van der Waals surface area contributed by atoms with E-state index in [1.165, 1.54) is 11.3 Å². The van der Waals surface area contributed by atoms with Crippen LogP contribution in [-0.4, -0.2) is 30.8 Å². The SMILES string of the molecule is CCC1CC(Cl)C=C(C)C1=NC(C)COC. The maximum atomic E-state index is 6.19. The van der Waals surface area contributed by atoms with Crippen LogP contribution in [0.1, 0.15) is 33.6 Å². The van der Waals surface area contributed by atoms with Crippen molar-refractivity contribution < 1.29 is 4.74 Å². The molecule has 0 aromatic heterocycles. The second-order valence-electron chi connectivity index (χ2n) is 4.53. The fourth-order valence-electron chi connectivity index (χ4n) is 2.21. The molecule has 0 aromatic rings. The number of alkyl halides is 1. The van der Waals surface area contributed by atoms with Gasteiger partial charge in [0.05, 0.1) is 18.0 Å². The molecular formula is C13H22ClNO. The molecule has 3 unspecified atom stereocenters. The Morgan fingerprint density at radius 3 is 2.88 bits per heavy atom. The van der Waals surface area contributed by atoms with Crippen LogP contribution in [0.4, 0.5) is 0 Å². The molecule has 0 fully saturated rings. The minimum atomic E-state index is 0.168. The Hall–Kier alpha value is -0.340. The van der Waals surface area contributed by atoms with Crippen molar-refractivity contribution in [1.82, 2.24) is 0 Å². The van der Waals surface area contributed by atoms with Crippen molar-refractivity contribution in [3.63, 3.8) is 0 Å². The van der Waals surface area contributed by atoms with Crippen molar-refractivity contribution in [1.29, 1.82) is 0 Å². The Morgan fingerprint density at radius 2 is 2.31 bits per heavy atom. The van der Waals surface area contributed by atoms with E-state index in [-0.39, 0.29) is 11.4 Å². The monoisotopic (exact) mass is 243 g/mol. The molecule has 1 aliphatic rings. The van der Waals surface area contributed by atoms with Gasteiger partial charge < -0.3 is 4.74 Å². The van der Waals surface area contributed by atoms with Gasteiger partial charge in [-0.05, 0) is 32.3 Å². The first-order chi connectivity index (χ1) is 7.58. The molecule has 16 heavy (non-hydrogen) atoms. The molecule has 92 valence electrons. The van der Waals surface area contributed by atoms with Crippen LogP contribution in [-0.2, 0) is 4.74 Å². The van der Waals surface area contributed by atoms with E-state index in [2.05, 4.69) is 26.8 Å². The standard InChI is InChI=1S/C13H22ClNO/c1-5-11-7-12(14)6-9(2)13(11)15-10(3)8-16-4/h6,10-12H,5,7-8H2,1-4H3. The zero-order valence-corrected chi connectivity index (χ0v) is 11.4. The van der Waals surface area contributed by atoms with Crippen LogP contribution in [0.5, 0.6) is 0 Å². The number of halogens is 1. The lowest BCUT2D eigenvalue weighted by Crippen LogP contribution is -2.26. The summed E-state index contributed by atoms with van der Waals surface area (Å²) < 4.78 is 5.12. The summed E-state index contributed by atoms with van der Waals surface area (Å²) in [4.78, 5) is 4.76. The van der Waals surface area contributed by atoms with Crippen LogP contribution < -0.4 is 0 Å². The number of methoxy groups -OCH3 is 1. The van der Waals surface area contributed by atoms with Crippen molar-refractivity contribution in [3.8, 4) is 0 Å². The predicted octanol–water partition coefficient (Wildman–Crippen LogP) is 3.45. The maximum absolute atomic E-state index is 6.19. The molecule has 1 rings (SSSR count). The van der Waals surface area contributed by atoms with E-state index in [4.69, 9.17) is 21.3 Å². The highest BCUT2D eigenvalue weighted by molar-refractivity contribution is 6.23. The highest BCUT2D eigenvalue weighted by Crippen LogP contribution is 2.28. The molecule has 1 aliphatic carbocycles. The van der Waals surface area contributed by atoms with Crippen LogP contribution in [0.25, 0.3) is 0 Å². The van der Waals surface area contributed by atoms with Gasteiger partial charge in [-0.3, -0.25) is 4.99 Å². The van der Waals surface area contributed by atoms with Crippen molar-refractivity contribution in [3.05, 3.63) is 11.6 Å². The number of hydrogen-bond acceptors (Lipinski definition) is 2. The van der Waals surface area contributed by atoms with Gasteiger partial charge in [0.2, 0.25) is 0 Å². The first kappa shape index (κ1) is 13.7. The van der Waals surface area contributed by atoms with Crippen molar-refractivity contribution >= 4 is 17.3 Å². The minimum Gasteiger partial charge on any atom is -0.382 e. The zero-order valence-electron chi connectivity index (χ0n) is 10.7. The highest BCUT2D eigenvalue weighted by Gasteiger charge is 2.24. The number of ether oxygens (including phenoxy) is 1. The molecule has 0 aliphatic heterocycles. The summed E-state index contributed by atoms with van der Waals surface area (Å²) in [7, 11) is 1.71. The van der Waals surface area contributed by atoms with E-state index in [1.54, 1.807) is 7.11 Å². The largest absolute Gasteiger partial charge is 0.382 e. The molecular weight excluding hydrogens is 222 g/mol. The summed E-state index contributed by atoms with van der Waals surface area (Å²) in [5.41, 5.74) is 2.46. The lowest BCUT2D eigenvalue weighted by molar-refractivity contribution is 0.185. The fourth-order valence-corrected chi connectivity index (χ4v) is 2.62. The summed E-state index contributed by atoms with van der Waals surface area (Å²) in [6.07, 6.45) is 4.23. The topological polar surface area (TPSA) is 21.6 Å². The third kappa shape index (κ3) is 3.60. The summed E-state index contributed by atoms with van der Waals surface area (Å²) in [6, 6.07) is 0.226. The first-order valence-corrected chi connectivity index (χ1v) is 6.41. The van der Waals surface area contributed by atoms with Gasteiger partial charge in [-0.15, -0.1) is 11.6 Å². The molecule has 2 nitrogen and oxygen atoms in total. The van der Waals surface area contributed by atoms with Crippen molar-refractivity contribution in [2.75, 3.05) is 13.7 Å². The molecule has 0 radical (unpaired) electrons. The predicted molar refractivity (Wildman–Crippen MR) is 70.6 cm³/mol. The van der Waals surface area contributed by atoms with E-state index in [9.17, 15) is 0 Å². The van der Waals surface area contributed by atoms with Gasteiger partial charge in [-0.2, -0.15) is 0 Å². The molecule has 3 atom stereocenters. The Morgan fingerprint density at radius 1 is 1.62 bits per heavy atom.